The molecule has 0 aromatic carbocycles. The van der Waals surface area contributed by atoms with E-state index in [0.717, 1.165) is 5.33 Å². The highest BCUT2D eigenvalue weighted by molar-refractivity contribution is 9.09. The minimum atomic E-state index is -0.219. The summed E-state index contributed by atoms with van der Waals surface area (Å²) in [6, 6.07) is 0. The largest absolute Gasteiger partial charge is 0.298 e. The number of Topliss-reactive ketones (excluding diaryl/α,β-unsaturated/α-hetero) is 1. The fourth-order valence-electron chi connectivity index (χ4n) is 0.255. The van der Waals surface area contributed by atoms with Crippen molar-refractivity contribution in [1.29, 1.82) is 0 Å². The molecule has 0 atom stereocenters. The lowest BCUT2D eigenvalue weighted by Gasteiger charge is -2.17. The molecule has 0 saturated heterocycles. The van der Waals surface area contributed by atoms with Gasteiger partial charge in [-0.15, -0.1) is 0 Å². The minimum Gasteiger partial charge on any atom is -0.298 e. The third-order valence-corrected chi connectivity index (χ3v) is 3.12. The molecule has 0 saturated carbocycles. The van der Waals surface area contributed by atoms with E-state index in [9.17, 15) is 4.79 Å². The average molecular weight is 258 g/mol. The Kier molecular flexibility index (Phi) is 3.97. The number of carbonyl (C=O) groups excluding carboxylic acids is 1. The van der Waals surface area contributed by atoms with Gasteiger partial charge in [0.15, 0.2) is 0 Å². The number of hydrogen-bond acceptors (Lipinski definition) is 1. The summed E-state index contributed by atoms with van der Waals surface area (Å²) >= 11 is 6.39. The number of hydrogen-bond donors (Lipinski definition) is 0. The van der Waals surface area contributed by atoms with Gasteiger partial charge in [-0.2, -0.15) is 0 Å². The van der Waals surface area contributed by atoms with Crippen molar-refractivity contribution >= 4 is 37.6 Å². The van der Waals surface area contributed by atoms with E-state index in [0.29, 0.717) is 5.33 Å². The quantitative estimate of drug-likeness (QED) is 0.710. The van der Waals surface area contributed by atoms with Crippen LogP contribution in [0.25, 0.3) is 0 Å². The van der Waals surface area contributed by atoms with E-state index < -0.39 is 0 Å². The molecule has 9 heavy (non-hydrogen) atoms. The van der Waals surface area contributed by atoms with Gasteiger partial charge in [-0.3, -0.25) is 4.79 Å². The molecular weight excluding hydrogens is 248 g/mol. The van der Waals surface area contributed by atoms with Crippen molar-refractivity contribution in [2.45, 2.75) is 13.8 Å². The SMILES string of the molecule is CC(C)(CBr)C(=O)CBr. The van der Waals surface area contributed by atoms with Gasteiger partial charge >= 0.3 is 0 Å². The zero-order chi connectivity index (χ0) is 7.49. The highest BCUT2D eigenvalue weighted by Crippen LogP contribution is 2.19. The maximum atomic E-state index is 11.0. The summed E-state index contributed by atoms with van der Waals surface area (Å²) < 4.78 is 0. The van der Waals surface area contributed by atoms with Crippen LogP contribution in [0.2, 0.25) is 0 Å². The van der Waals surface area contributed by atoms with E-state index >= 15 is 0 Å². The van der Waals surface area contributed by atoms with E-state index in [-0.39, 0.29) is 11.2 Å². The minimum absolute atomic E-state index is 0.219. The molecule has 0 radical (unpaired) electrons. The van der Waals surface area contributed by atoms with Crippen molar-refractivity contribution < 1.29 is 4.79 Å². The summed E-state index contributed by atoms with van der Waals surface area (Å²) in [5.74, 6) is 0.236. The Hall–Kier alpha value is 0.630. The molecule has 0 aromatic rings. The fourth-order valence-corrected chi connectivity index (χ4v) is 1.33. The molecule has 0 unspecified atom stereocenters. The van der Waals surface area contributed by atoms with Crippen LogP contribution >= 0.6 is 31.9 Å². The van der Waals surface area contributed by atoms with Crippen molar-refractivity contribution in [2.24, 2.45) is 5.41 Å². The number of halogens is 2. The summed E-state index contributed by atoms with van der Waals surface area (Å²) in [6.07, 6.45) is 0. The summed E-state index contributed by atoms with van der Waals surface area (Å²) in [5, 5.41) is 1.18. The van der Waals surface area contributed by atoms with E-state index in [2.05, 4.69) is 31.9 Å². The molecule has 0 bridgehead atoms. The lowest BCUT2D eigenvalue weighted by molar-refractivity contribution is -0.123. The predicted molar refractivity (Wildman–Crippen MR) is 46.4 cm³/mol. The Morgan fingerprint density at radius 1 is 1.44 bits per heavy atom. The second kappa shape index (κ2) is 3.71. The van der Waals surface area contributed by atoms with Crippen molar-refractivity contribution in [2.75, 3.05) is 10.7 Å². The van der Waals surface area contributed by atoms with Crippen molar-refractivity contribution in [3.63, 3.8) is 0 Å². The smallest absolute Gasteiger partial charge is 0.149 e. The van der Waals surface area contributed by atoms with Gasteiger partial charge in [-0.25, -0.2) is 0 Å². The van der Waals surface area contributed by atoms with Gasteiger partial charge in [0.05, 0.1) is 5.33 Å². The zero-order valence-corrected chi connectivity index (χ0v) is 8.75. The molecule has 0 aliphatic carbocycles. The van der Waals surface area contributed by atoms with Gasteiger partial charge < -0.3 is 0 Å². The van der Waals surface area contributed by atoms with Gasteiger partial charge in [0.1, 0.15) is 5.78 Å². The van der Waals surface area contributed by atoms with Crippen LogP contribution in [0.15, 0.2) is 0 Å². The van der Waals surface area contributed by atoms with Crippen LogP contribution in [0, 0.1) is 5.41 Å². The summed E-state index contributed by atoms with van der Waals surface area (Å²) in [5.41, 5.74) is -0.219. The number of alkyl halides is 2. The lowest BCUT2D eigenvalue weighted by Crippen LogP contribution is -2.26. The summed E-state index contributed by atoms with van der Waals surface area (Å²) in [7, 11) is 0. The molecule has 54 valence electrons. The molecule has 0 aliphatic rings. The molecule has 0 rings (SSSR count). The fraction of sp³-hybridized carbons (Fsp3) is 0.833. The van der Waals surface area contributed by atoms with E-state index in [1.54, 1.807) is 0 Å². The first kappa shape index (κ1) is 9.63. The molecule has 0 fully saturated rings. The van der Waals surface area contributed by atoms with Crippen LogP contribution < -0.4 is 0 Å². The number of rotatable bonds is 3. The first-order valence-electron chi connectivity index (χ1n) is 2.70. The Labute approximate surface area is 72.5 Å². The highest BCUT2D eigenvalue weighted by atomic mass is 79.9. The van der Waals surface area contributed by atoms with Crippen molar-refractivity contribution in [3.8, 4) is 0 Å². The molecule has 0 spiro atoms. The van der Waals surface area contributed by atoms with Crippen LogP contribution in [0.4, 0.5) is 0 Å². The number of carbonyl (C=O) groups is 1. The standard InChI is InChI=1S/C6H10Br2O/c1-6(2,4-8)5(9)3-7/h3-4H2,1-2H3. The Balaban J connectivity index is 3.97. The van der Waals surface area contributed by atoms with Gasteiger partial charge in [-0.1, -0.05) is 45.7 Å². The molecule has 3 heteroatoms. The van der Waals surface area contributed by atoms with E-state index in [1.807, 2.05) is 13.8 Å². The lowest BCUT2D eigenvalue weighted by atomic mass is 9.92. The monoisotopic (exact) mass is 256 g/mol. The summed E-state index contributed by atoms with van der Waals surface area (Å²) in [4.78, 5) is 11.0. The second-order valence-corrected chi connectivity index (χ2v) is 3.70. The summed E-state index contributed by atoms with van der Waals surface area (Å²) in [6.45, 7) is 3.84. The van der Waals surface area contributed by atoms with E-state index in [1.165, 1.54) is 0 Å². The molecular formula is C6H10Br2O. The zero-order valence-electron chi connectivity index (χ0n) is 5.58. The van der Waals surface area contributed by atoms with Gasteiger partial charge in [0, 0.05) is 10.7 Å². The second-order valence-electron chi connectivity index (χ2n) is 2.57. The molecule has 0 aliphatic heterocycles. The van der Waals surface area contributed by atoms with Gasteiger partial charge in [0.25, 0.3) is 0 Å². The number of ketones is 1. The molecule has 0 heterocycles. The maximum absolute atomic E-state index is 11.0. The molecule has 0 aromatic heterocycles. The topological polar surface area (TPSA) is 17.1 Å². The molecule has 0 N–H and O–H groups in total. The average Bonchev–Trinajstić information content (AvgIpc) is 1.86. The van der Waals surface area contributed by atoms with Crippen molar-refractivity contribution in [3.05, 3.63) is 0 Å². The van der Waals surface area contributed by atoms with Gasteiger partial charge in [0.2, 0.25) is 0 Å². The third-order valence-electron chi connectivity index (χ3n) is 1.21. The Morgan fingerprint density at radius 3 is 2.00 bits per heavy atom. The van der Waals surface area contributed by atoms with Crippen LogP contribution in [-0.2, 0) is 4.79 Å². The van der Waals surface area contributed by atoms with Crippen LogP contribution in [0.1, 0.15) is 13.8 Å². The molecule has 0 amide bonds. The van der Waals surface area contributed by atoms with Crippen LogP contribution in [0.5, 0.6) is 0 Å². The van der Waals surface area contributed by atoms with Gasteiger partial charge in [-0.05, 0) is 0 Å². The molecule has 1 nitrogen and oxygen atoms in total. The normalized spacial score (nSPS) is 11.6. The van der Waals surface area contributed by atoms with Crippen LogP contribution in [-0.4, -0.2) is 16.4 Å². The first-order chi connectivity index (χ1) is 4.04. The highest BCUT2D eigenvalue weighted by Gasteiger charge is 2.24. The third kappa shape index (κ3) is 2.80. The van der Waals surface area contributed by atoms with E-state index in [4.69, 9.17) is 0 Å². The predicted octanol–water partition coefficient (Wildman–Crippen LogP) is 2.37. The first-order valence-corrected chi connectivity index (χ1v) is 4.94. The maximum Gasteiger partial charge on any atom is 0.149 e. The Morgan fingerprint density at radius 2 is 1.89 bits per heavy atom. The Bertz CT molecular complexity index is 110. The van der Waals surface area contributed by atoms with Crippen molar-refractivity contribution in [1.82, 2.24) is 0 Å². The van der Waals surface area contributed by atoms with Crippen LogP contribution in [0.3, 0.4) is 0 Å².